The van der Waals surface area contributed by atoms with Gasteiger partial charge < -0.3 is 19.3 Å². The Morgan fingerprint density at radius 1 is 1.06 bits per heavy atom. The highest BCUT2D eigenvalue weighted by Gasteiger charge is 2.05. The Morgan fingerprint density at radius 2 is 1.88 bits per heavy atom. The Labute approximate surface area is 98.8 Å². The maximum Gasteiger partial charge on any atom is 0.0641 e. The number of hydrogen-bond acceptors (Lipinski definition) is 4. The molecule has 0 fully saturated rings. The highest BCUT2D eigenvalue weighted by Crippen LogP contribution is 2.00. The minimum absolute atomic E-state index is 0.820. The number of likely N-dealkylation sites (N-methyl/N-ethyl adjacent to an activating group) is 1. The second-order valence-corrected chi connectivity index (χ2v) is 4.13. The Morgan fingerprint density at radius 3 is 2.56 bits per heavy atom. The van der Waals surface area contributed by atoms with E-state index in [1.165, 1.54) is 0 Å². The summed E-state index contributed by atoms with van der Waals surface area (Å²) in [5.41, 5.74) is 0. The third-order valence-corrected chi connectivity index (χ3v) is 2.68. The van der Waals surface area contributed by atoms with Gasteiger partial charge in [-0.05, 0) is 12.8 Å². The number of hydrogen-bond donors (Lipinski definition) is 0. The molecule has 0 N–H and O–H groups in total. The highest BCUT2D eigenvalue weighted by atomic mass is 16.5. The van der Waals surface area contributed by atoms with Crippen molar-refractivity contribution in [3.05, 3.63) is 12.4 Å². The topological polar surface area (TPSA) is 24.9 Å². The van der Waals surface area contributed by atoms with E-state index < -0.39 is 0 Å². The van der Waals surface area contributed by atoms with E-state index in [2.05, 4.69) is 29.2 Å². The van der Waals surface area contributed by atoms with Crippen LogP contribution in [0.4, 0.5) is 0 Å². The molecule has 0 saturated heterocycles. The lowest BCUT2D eigenvalue weighted by atomic mass is 10.3. The van der Waals surface area contributed by atoms with E-state index >= 15 is 0 Å². The van der Waals surface area contributed by atoms with Gasteiger partial charge in [-0.15, -0.1) is 0 Å². The van der Waals surface area contributed by atoms with Gasteiger partial charge in [0.15, 0.2) is 0 Å². The Bertz CT molecular complexity index is 197. The SMILES string of the molecule is COCCCCOCCN1C=CN(C)CC1. The molecule has 0 unspecified atom stereocenters. The van der Waals surface area contributed by atoms with Crippen molar-refractivity contribution in [2.24, 2.45) is 0 Å². The van der Waals surface area contributed by atoms with Crippen molar-refractivity contribution in [1.82, 2.24) is 9.80 Å². The van der Waals surface area contributed by atoms with E-state index in [0.29, 0.717) is 0 Å². The summed E-state index contributed by atoms with van der Waals surface area (Å²) in [6, 6.07) is 0. The summed E-state index contributed by atoms with van der Waals surface area (Å²) in [6.07, 6.45) is 6.43. The van der Waals surface area contributed by atoms with Crippen LogP contribution in [0, 0.1) is 0 Å². The molecule has 0 spiro atoms. The molecule has 16 heavy (non-hydrogen) atoms. The van der Waals surface area contributed by atoms with Gasteiger partial charge >= 0.3 is 0 Å². The third-order valence-electron chi connectivity index (χ3n) is 2.68. The van der Waals surface area contributed by atoms with Crippen molar-refractivity contribution in [3.8, 4) is 0 Å². The summed E-state index contributed by atoms with van der Waals surface area (Å²) >= 11 is 0. The third kappa shape index (κ3) is 5.98. The molecule has 4 heteroatoms. The number of rotatable bonds is 8. The van der Waals surface area contributed by atoms with Gasteiger partial charge in [-0.1, -0.05) is 0 Å². The van der Waals surface area contributed by atoms with Gasteiger partial charge in [0, 0.05) is 59.4 Å². The molecule has 4 nitrogen and oxygen atoms in total. The molecular formula is C12H24N2O2. The van der Waals surface area contributed by atoms with Gasteiger partial charge in [-0.2, -0.15) is 0 Å². The number of nitrogens with zero attached hydrogens (tertiary/aromatic N) is 2. The van der Waals surface area contributed by atoms with Crippen molar-refractivity contribution < 1.29 is 9.47 Å². The zero-order valence-electron chi connectivity index (χ0n) is 10.5. The summed E-state index contributed by atoms with van der Waals surface area (Å²) in [5, 5.41) is 0. The van der Waals surface area contributed by atoms with Crippen LogP contribution in [0.5, 0.6) is 0 Å². The second kappa shape index (κ2) is 8.42. The second-order valence-electron chi connectivity index (χ2n) is 4.13. The molecular weight excluding hydrogens is 204 g/mol. The fourth-order valence-corrected chi connectivity index (χ4v) is 1.56. The first-order chi connectivity index (χ1) is 7.83. The standard InChI is InChI=1S/C12H24N2O2/c1-13-5-7-14(8-6-13)9-12-16-11-4-3-10-15-2/h5,7H,3-4,6,8-12H2,1-2H3. The first kappa shape index (κ1) is 13.3. The maximum absolute atomic E-state index is 5.57. The lowest BCUT2D eigenvalue weighted by Crippen LogP contribution is -2.34. The van der Waals surface area contributed by atoms with Gasteiger partial charge in [0.2, 0.25) is 0 Å². The number of methoxy groups -OCH3 is 1. The van der Waals surface area contributed by atoms with E-state index in [0.717, 1.165) is 52.3 Å². The fourth-order valence-electron chi connectivity index (χ4n) is 1.56. The molecule has 0 radical (unpaired) electrons. The van der Waals surface area contributed by atoms with Crippen molar-refractivity contribution >= 4 is 0 Å². The highest BCUT2D eigenvalue weighted by molar-refractivity contribution is 4.87. The minimum Gasteiger partial charge on any atom is -0.385 e. The van der Waals surface area contributed by atoms with Crippen LogP contribution in [0.2, 0.25) is 0 Å². The summed E-state index contributed by atoms with van der Waals surface area (Å²) in [5.74, 6) is 0. The van der Waals surface area contributed by atoms with Crippen LogP contribution in [0.3, 0.4) is 0 Å². The monoisotopic (exact) mass is 228 g/mol. The van der Waals surface area contributed by atoms with Crippen molar-refractivity contribution in [2.75, 3.05) is 53.6 Å². The molecule has 0 amide bonds. The molecule has 1 rings (SSSR count). The maximum atomic E-state index is 5.57. The zero-order valence-corrected chi connectivity index (χ0v) is 10.5. The van der Waals surface area contributed by atoms with Crippen LogP contribution in [0.25, 0.3) is 0 Å². The summed E-state index contributed by atoms with van der Waals surface area (Å²) in [6.45, 7) is 5.70. The molecule has 1 aliphatic heterocycles. The van der Waals surface area contributed by atoms with Crippen molar-refractivity contribution in [1.29, 1.82) is 0 Å². The first-order valence-corrected chi connectivity index (χ1v) is 6.02. The molecule has 0 aliphatic carbocycles. The van der Waals surface area contributed by atoms with E-state index in [1.807, 2.05) is 0 Å². The summed E-state index contributed by atoms with van der Waals surface area (Å²) in [7, 11) is 3.83. The average molecular weight is 228 g/mol. The van der Waals surface area contributed by atoms with Crippen molar-refractivity contribution in [3.63, 3.8) is 0 Å². The molecule has 1 heterocycles. The lowest BCUT2D eigenvalue weighted by molar-refractivity contribution is 0.102. The van der Waals surface area contributed by atoms with Crippen LogP contribution in [-0.2, 0) is 9.47 Å². The fraction of sp³-hybridized carbons (Fsp3) is 0.833. The van der Waals surface area contributed by atoms with Crippen LogP contribution >= 0.6 is 0 Å². The lowest BCUT2D eigenvalue weighted by Gasteiger charge is -2.28. The van der Waals surface area contributed by atoms with Gasteiger partial charge in [0.25, 0.3) is 0 Å². The van der Waals surface area contributed by atoms with E-state index in [9.17, 15) is 0 Å². The summed E-state index contributed by atoms with van der Waals surface area (Å²) < 4.78 is 10.5. The average Bonchev–Trinajstić information content (AvgIpc) is 2.30. The van der Waals surface area contributed by atoms with Gasteiger partial charge in [-0.25, -0.2) is 0 Å². The molecule has 0 aromatic heterocycles. The Kier molecular flexibility index (Phi) is 7.01. The molecule has 0 atom stereocenters. The minimum atomic E-state index is 0.820. The van der Waals surface area contributed by atoms with Crippen LogP contribution in [0.15, 0.2) is 12.4 Å². The number of ether oxygens (including phenoxy) is 2. The predicted octanol–water partition coefficient (Wildman–Crippen LogP) is 1.15. The zero-order chi connectivity index (χ0) is 11.6. The largest absolute Gasteiger partial charge is 0.385 e. The van der Waals surface area contributed by atoms with Crippen LogP contribution in [0.1, 0.15) is 12.8 Å². The molecule has 0 aromatic rings. The van der Waals surface area contributed by atoms with E-state index in [-0.39, 0.29) is 0 Å². The quantitative estimate of drug-likeness (QED) is 0.582. The Balaban J connectivity index is 1.89. The molecule has 1 aliphatic rings. The normalized spacial score (nSPS) is 15.9. The van der Waals surface area contributed by atoms with Gasteiger partial charge in [-0.3, -0.25) is 0 Å². The molecule has 0 aromatic carbocycles. The summed E-state index contributed by atoms with van der Waals surface area (Å²) in [4.78, 5) is 4.50. The van der Waals surface area contributed by atoms with Crippen molar-refractivity contribution in [2.45, 2.75) is 12.8 Å². The van der Waals surface area contributed by atoms with Gasteiger partial charge in [0.05, 0.1) is 6.61 Å². The van der Waals surface area contributed by atoms with Crippen LogP contribution < -0.4 is 0 Å². The first-order valence-electron chi connectivity index (χ1n) is 6.02. The van der Waals surface area contributed by atoms with Gasteiger partial charge in [0.1, 0.15) is 0 Å². The van der Waals surface area contributed by atoms with Crippen LogP contribution in [-0.4, -0.2) is 63.4 Å². The van der Waals surface area contributed by atoms with E-state index in [4.69, 9.17) is 9.47 Å². The smallest absolute Gasteiger partial charge is 0.0641 e. The number of unbranched alkanes of at least 4 members (excludes halogenated alkanes) is 1. The van der Waals surface area contributed by atoms with E-state index in [1.54, 1.807) is 7.11 Å². The Hall–Kier alpha value is -0.740. The molecule has 94 valence electrons. The predicted molar refractivity (Wildman–Crippen MR) is 65.3 cm³/mol. The molecule has 0 bridgehead atoms. The molecule has 0 saturated carbocycles.